The van der Waals surface area contributed by atoms with Gasteiger partial charge in [-0.2, -0.15) is 8.78 Å². The molecule has 43 heavy (non-hydrogen) atoms. The summed E-state index contributed by atoms with van der Waals surface area (Å²) in [6.07, 6.45) is -6.81. The van der Waals surface area contributed by atoms with Crippen molar-refractivity contribution in [2.75, 3.05) is 19.8 Å². The molecule has 1 aliphatic heterocycles. The predicted octanol–water partition coefficient (Wildman–Crippen LogP) is 8.63. The van der Waals surface area contributed by atoms with Crippen molar-refractivity contribution < 1.29 is 63.2 Å². The van der Waals surface area contributed by atoms with Crippen LogP contribution in [0.5, 0.6) is 17.2 Å². The van der Waals surface area contributed by atoms with Gasteiger partial charge in [-0.3, -0.25) is 0 Å². The zero-order valence-electron chi connectivity index (χ0n) is 22.7. The molecule has 4 rings (SSSR count). The molecule has 1 aliphatic carbocycles. The van der Waals surface area contributed by atoms with E-state index in [1.54, 1.807) is 6.08 Å². The maximum absolute atomic E-state index is 14.7. The van der Waals surface area contributed by atoms with Crippen LogP contribution in [-0.2, 0) is 9.47 Å². The Kier molecular flexibility index (Phi) is 10.4. The highest BCUT2D eigenvalue weighted by Crippen LogP contribution is 2.42. The van der Waals surface area contributed by atoms with E-state index in [4.69, 9.17) is 14.2 Å². The Morgan fingerprint density at radius 1 is 0.767 bits per heavy atom. The molecule has 238 valence electrons. The lowest BCUT2D eigenvalue weighted by molar-refractivity contribution is -0.276. The predicted molar refractivity (Wildman–Crippen MR) is 133 cm³/mol. The van der Waals surface area contributed by atoms with Gasteiger partial charge in [0.2, 0.25) is 5.75 Å². The van der Waals surface area contributed by atoms with Crippen molar-refractivity contribution in [3.05, 3.63) is 65.8 Å². The third kappa shape index (κ3) is 8.71. The third-order valence-electron chi connectivity index (χ3n) is 7.27. The molecule has 2 aliphatic rings. The Bertz CT molecular complexity index is 1210. The summed E-state index contributed by atoms with van der Waals surface area (Å²) >= 11 is 0. The molecule has 0 spiro atoms. The number of allylic oxidation sites excluding steroid dienone is 1. The zero-order valence-corrected chi connectivity index (χ0v) is 22.7. The van der Waals surface area contributed by atoms with Gasteiger partial charge in [-0.25, -0.2) is 17.6 Å². The number of alkyl halides is 5. The van der Waals surface area contributed by atoms with Crippen LogP contribution in [0.15, 0.2) is 36.9 Å². The summed E-state index contributed by atoms with van der Waals surface area (Å²) in [5, 5.41) is 0. The van der Waals surface area contributed by atoms with Gasteiger partial charge in [0.1, 0.15) is 5.75 Å². The minimum absolute atomic E-state index is 0.130. The Morgan fingerprint density at radius 3 is 1.86 bits per heavy atom. The van der Waals surface area contributed by atoms with Crippen molar-refractivity contribution in [2.45, 2.75) is 57.3 Å². The molecule has 0 amide bonds. The van der Waals surface area contributed by atoms with E-state index in [-0.39, 0.29) is 61.8 Å². The van der Waals surface area contributed by atoms with E-state index < -0.39 is 65.2 Å². The molecule has 0 unspecified atom stereocenters. The van der Waals surface area contributed by atoms with E-state index in [2.05, 4.69) is 16.1 Å². The molecule has 0 radical (unpaired) electrons. The number of rotatable bonds is 11. The smallest absolute Gasteiger partial charge is 0.487 e. The Balaban J connectivity index is 1.28. The molecule has 1 saturated carbocycles. The van der Waals surface area contributed by atoms with Crippen molar-refractivity contribution >= 4 is 0 Å². The van der Waals surface area contributed by atoms with Gasteiger partial charge in [0.15, 0.2) is 35.3 Å². The largest absolute Gasteiger partial charge is 0.573 e. The summed E-state index contributed by atoms with van der Waals surface area (Å²) in [4.78, 5) is 0. The maximum atomic E-state index is 14.7. The van der Waals surface area contributed by atoms with E-state index in [1.165, 1.54) is 0 Å². The quantitative estimate of drug-likeness (QED) is 0.184. The Labute approximate surface area is 241 Å². The molecule has 1 heterocycles. The first-order chi connectivity index (χ1) is 20.3. The molecule has 2 aromatic rings. The van der Waals surface area contributed by atoms with E-state index >= 15 is 0 Å². The molecule has 2 aromatic carbocycles. The highest BCUT2D eigenvalue weighted by Gasteiger charge is 2.44. The van der Waals surface area contributed by atoms with Gasteiger partial charge in [-0.05, 0) is 56.6 Å². The average molecular weight is 629 g/mol. The monoisotopic (exact) mass is 628 g/mol. The summed E-state index contributed by atoms with van der Waals surface area (Å²) in [5.41, 5.74) is 0.148. The minimum atomic E-state index is -5.40. The topological polar surface area (TPSA) is 46.2 Å². The average Bonchev–Trinajstić information content (AvgIpc) is 2.93. The van der Waals surface area contributed by atoms with Crippen molar-refractivity contribution in [1.82, 2.24) is 0 Å². The fourth-order valence-corrected chi connectivity index (χ4v) is 5.02. The Morgan fingerprint density at radius 2 is 1.33 bits per heavy atom. The molecular weight excluding hydrogens is 599 g/mol. The molecule has 0 atom stereocenters. The van der Waals surface area contributed by atoms with Gasteiger partial charge < -0.3 is 23.7 Å². The summed E-state index contributed by atoms with van der Waals surface area (Å²) in [5.74, 6) is -10.7. The SMILES string of the molecule is C=CCCC1COC(c2cc(F)c(OCC3CCC(C(F)(F)Oc4cc(F)c(OC(F)(F)F)c(F)c4)CC3)c(F)c2)OC1. The summed E-state index contributed by atoms with van der Waals surface area (Å²) in [7, 11) is 0. The summed E-state index contributed by atoms with van der Waals surface area (Å²) in [6.45, 7) is 4.23. The van der Waals surface area contributed by atoms with Crippen LogP contribution >= 0.6 is 0 Å². The van der Waals surface area contributed by atoms with Crippen molar-refractivity contribution in [3.63, 3.8) is 0 Å². The van der Waals surface area contributed by atoms with Gasteiger partial charge in [-0.1, -0.05) is 6.08 Å². The van der Waals surface area contributed by atoms with Gasteiger partial charge in [-0.15, -0.1) is 19.8 Å². The molecule has 0 aromatic heterocycles. The fraction of sp³-hybridized carbons (Fsp3) is 0.517. The number of hydrogen-bond donors (Lipinski definition) is 0. The van der Waals surface area contributed by atoms with Crippen molar-refractivity contribution in [1.29, 1.82) is 0 Å². The van der Waals surface area contributed by atoms with Crippen LogP contribution in [-0.4, -0.2) is 32.3 Å². The molecule has 5 nitrogen and oxygen atoms in total. The lowest BCUT2D eigenvalue weighted by atomic mass is 9.81. The van der Waals surface area contributed by atoms with Gasteiger partial charge in [0.25, 0.3) is 0 Å². The second-order valence-electron chi connectivity index (χ2n) is 10.5. The molecule has 0 bridgehead atoms. The summed E-state index contributed by atoms with van der Waals surface area (Å²) in [6, 6.07) is 2.43. The van der Waals surface area contributed by atoms with Crippen LogP contribution in [0.1, 0.15) is 50.4 Å². The van der Waals surface area contributed by atoms with Crippen LogP contribution in [0.3, 0.4) is 0 Å². The second-order valence-corrected chi connectivity index (χ2v) is 10.5. The fourth-order valence-electron chi connectivity index (χ4n) is 5.02. The minimum Gasteiger partial charge on any atom is -0.487 e. The van der Waals surface area contributed by atoms with Crippen LogP contribution in [0.25, 0.3) is 0 Å². The van der Waals surface area contributed by atoms with E-state index in [0.717, 1.165) is 25.0 Å². The van der Waals surface area contributed by atoms with E-state index in [0.29, 0.717) is 13.2 Å². The lowest BCUT2D eigenvalue weighted by Gasteiger charge is -2.33. The second kappa shape index (κ2) is 13.7. The first-order valence-corrected chi connectivity index (χ1v) is 13.5. The number of halogens is 9. The van der Waals surface area contributed by atoms with E-state index in [1.807, 2.05) is 0 Å². The first-order valence-electron chi connectivity index (χ1n) is 13.5. The lowest BCUT2D eigenvalue weighted by Crippen LogP contribution is -2.38. The molecule has 14 heteroatoms. The maximum Gasteiger partial charge on any atom is 0.573 e. The van der Waals surface area contributed by atoms with Crippen LogP contribution in [0.2, 0.25) is 0 Å². The molecule has 2 fully saturated rings. The summed E-state index contributed by atoms with van der Waals surface area (Å²) < 4.78 is 148. The molecular formula is C29H29F9O5. The van der Waals surface area contributed by atoms with Gasteiger partial charge in [0, 0.05) is 23.6 Å². The number of benzene rings is 2. The van der Waals surface area contributed by atoms with Crippen LogP contribution in [0.4, 0.5) is 39.5 Å². The van der Waals surface area contributed by atoms with E-state index in [9.17, 15) is 39.5 Å². The third-order valence-corrected chi connectivity index (χ3v) is 7.27. The number of hydrogen-bond acceptors (Lipinski definition) is 5. The standard InChI is InChI=1S/C29H29F9O5/c1-2-3-4-17-14-40-27(41-15-17)18-9-21(30)25(22(31)10-18)39-13-16-5-7-19(8-6-16)28(34,35)42-20-11-23(32)26(24(33)12-20)43-29(36,37)38/h2,9-12,16-17,19,27H,1,3-8,13-15H2. The van der Waals surface area contributed by atoms with Gasteiger partial charge >= 0.3 is 12.5 Å². The Hall–Kier alpha value is -3.13. The number of ether oxygens (including phenoxy) is 5. The van der Waals surface area contributed by atoms with Crippen LogP contribution < -0.4 is 14.2 Å². The van der Waals surface area contributed by atoms with Crippen molar-refractivity contribution in [3.8, 4) is 17.2 Å². The molecule has 1 saturated heterocycles. The first kappa shape index (κ1) is 32.8. The highest BCUT2D eigenvalue weighted by atomic mass is 19.4. The van der Waals surface area contributed by atoms with Crippen molar-refractivity contribution in [2.24, 2.45) is 17.8 Å². The highest BCUT2D eigenvalue weighted by molar-refractivity contribution is 5.35. The zero-order chi connectivity index (χ0) is 31.4. The normalized spacial score (nSPS) is 23.1. The molecule has 0 N–H and O–H groups in total. The van der Waals surface area contributed by atoms with Crippen LogP contribution in [0, 0.1) is 41.0 Å². The van der Waals surface area contributed by atoms with Gasteiger partial charge in [0.05, 0.1) is 25.7 Å².